The zero-order valence-electron chi connectivity index (χ0n) is 14.5. The fourth-order valence-corrected chi connectivity index (χ4v) is 4.25. The Hall–Kier alpha value is -2.77. The molecule has 0 fully saturated rings. The van der Waals surface area contributed by atoms with Gasteiger partial charge < -0.3 is 20.4 Å². The fourth-order valence-electron chi connectivity index (χ4n) is 2.90. The normalized spacial score (nSPS) is 14.8. The lowest BCUT2D eigenvalue weighted by Gasteiger charge is -2.06. The summed E-state index contributed by atoms with van der Waals surface area (Å²) in [7, 11) is -4.10. The van der Waals surface area contributed by atoms with Crippen LogP contribution in [-0.4, -0.2) is 20.7 Å². The molecule has 0 aliphatic carbocycles. The maximum absolute atomic E-state index is 12.3. The number of nitrogens with zero attached hydrogens (tertiary/aromatic N) is 1. The highest BCUT2D eigenvalue weighted by Crippen LogP contribution is 2.39. The Morgan fingerprint density at radius 2 is 1.96 bits per heavy atom. The highest BCUT2D eigenvalue weighted by atomic mass is 32.1. The summed E-state index contributed by atoms with van der Waals surface area (Å²) < 4.78 is 11.1. The van der Waals surface area contributed by atoms with Gasteiger partial charge in [-0.05, 0) is 46.2 Å². The molecule has 0 unspecified atom stereocenters. The van der Waals surface area contributed by atoms with Crippen molar-refractivity contribution < 1.29 is 19.1 Å². The topological polar surface area (TPSA) is 112 Å². The second-order valence-corrected chi connectivity index (χ2v) is 8.73. The Morgan fingerprint density at radius 3 is 2.64 bits per heavy atom. The lowest BCUT2D eigenvalue weighted by atomic mass is 10.1. The van der Waals surface area contributed by atoms with Crippen LogP contribution in [-0.2, 0) is 15.5 Å². The molecule has 0 bridgehead atoms. The average Bonchev–Trinajstić information content (AvgIpc) is 3.27. The molecule has 1 amide bonds. The van der Waals surface area contributed by atoms with Crippen molar-refractivity contribution in [1.29, 1.82) is 0 Å². The molecule has 2 aromatic heterocycles. The van der Waals surface area contributed by atoms with Crippen molar-refractivity contribution in [3.63, 3.8) is 0 Å². The number of thiophene rings is 1. The van der Waals surface area contributed by atoms with Crippen LogP contribution >= 0.6 is 18.9 Å². The van der Waals surface area contributed by atoms with Gasteiger partial charge in [-0.15, -0.1) is 0 Å². The molecule has 0 saturated heterocycles. The highest BCUT2D eigenvalue weighted by molar-refractivity contribution is 7.50. The van der Waals surface area contributed by atoms with Crippen LogP contribution in [0.1, 0.15) is 11.1 Å². The molecule has 9 heteroatoms. The molecule has 7 nitrogen and oxygen atoms in total. The van der Waals surface area contributed by atoms with Crippen molar-refractivity contribution in [3.05, 3.63) is 70.7 Å². The van der Waals surface area contributed by atoms with Crippen LogP contribution in [0.2, 0.25) is 0 Å². The standard InChI is InChI=1S/C19H16N3O4PS/c23-19-17(9-20-15-3-1-12(2-4-15)10-27(24,25)26)16-7-14(8-21-18(16)22-19)13-5-6-28-11-13/h1-9,11,20H,10H2,(H,21,22,23)(H2,24,25,26)/b17-9-. The van der Waals surface area contributed by atoms with Crippen molar-refractivity contribution in [3.8, 4) is 11.1 Å². The monoisotopic (exact) mass is 413 g/mol. The number of hydrogen-bond acceptors (Lipinski definition) is 5. The predicted molar refractivity (Wildman–Crippen MR) is 110 cm³/mol. The Morgan fingerprint density at radius 1 is 1.18 bits per heavy atom. The molecule has 0 spiro atoms. The first kappa shape index (κ1) is 18.6. The first-order valence-electron chi connectivity index (χ1n) is 8.34. The van der Waals surface area contributed by atoms with Gasteiger partial charge in [0.25, 0.3) is 5.91 Å². The van der Waals surface area contributed by atoms with Crippen LogP contribution in [0.4, 0.5) is 11.5 Å². The smallest absolute Gasteiger partial charge is 0.329 e. The SMILES string of the molecule is O=C1Nc2ncc(-c3ccsc3)cc2/C1=C/Nc1ccc(CP(=O)(O)O)cc1. The summed E-state index contributed by atoms with van der Waals surface area (Å²) in [5.74, 6) is 0.282. The Balaban J connectivity index is 1.57. The Kier molecular flexibility index (Phi) is 4.87. The maximum Gasteiger partial charge on any atom is 0.329 e. The van der Waals surface area contributed by atoms with Gasteiger partial charge in [0.1, 0.15) is 5.82 Å². The van der Waals surface area contributed by atoms with Crippen molar-refractivity contribution in [2.75, 3.05) is 10.6 Å². The van der Waals surface area contributed by atoms with Gasteiger partial charge in [0, 0.05) is 29.2 Å². The zero-order valence-corrected chi connectivity index (χ0v) is 16.2. The van der Waals surface area contributed by atoms with Gasteiger partial charge in [-0.2, -0.15) is 11.3 Å². The summed E-state index contributed by atoms with van der Waals surface area (Å²) in [5.41, 5.74) is 4.42. The molecule has 3 aromatic rings. The number of aromatic nitrogens is 1. The van der Waals surface area contributed by atoms with E-state index in [9.17, 15) is 9.36 Å². The van der Waals surface area contributed by atoms with Crippen LogP contribution in [0.15, 0.2) is 59.6 Å². The summed E-state index contributed by atoms with van der Waals surface area (Å²) in [5, 5.41) is 9.82. The van der Waals surface area contributed by atoms with Crippen molar-refractivity contribution in [2.45, 2.75) is 6.16 Å². The number of nitrogens with one attached hydrogen (secondary N) is 2. The third-order valence-electron chi connectivity index (χ3n) is 4.23. The second-order valence-electron chi connectivity index (χ2n) is 6.31. The largest absolute Gasteiger partial charge is 0.361 e. The van der Waals surface area contributed by atoms with Crippen LogP contribution in [0.3, 0.4) is 0 Å². The molecule has 28 heavy (non-hydrogen) atoms. The van der Waals surface area contributed by atoms with Crippen LogP contribution in [0, 0.1) is 0 Å². The van der Waals surface area contributed by atoms with E-state index in [0.29, 0.717) is 22.6 Å². The summed E-state index contributed by atoms with van der Waals surface area (Å²) in [6.45, 7) is 0. The van der Waals surface area contributed by atoms with E-state index < -0.39 is 7.60 Å². The van der Waals surface area contributed by atoms with E-state index in [1.54, 1.807) is 48.0 Å². The molecule has 0 radical (unpaired) electrons. The van der Waals surface area contributed by atoms with Gasteiger partial charge in [-0.3, -0.25) is 9.36 Å². The van der Waals surface area contributed by atoms with Crippen LogP contribution < -0.4 is 10.6 Å². The highest BCUT2D eigenvalue weighted by Gasteiger charge is 2.26. The number of carbonyl (C=O) groups excluding carboxylic acids is 1. The molecule has 3 heterocycles. The van der Waals surface area contributed by atoms with Crippen molar-refractivity contribution >= 4 is 41.9 Å². The molecule has 1 aliphatic rings. The minimum Gasteiger partial charge on any atom is -0.361 e. The van der Waals surface area contributed by atoms with Gasteiger partial charge in [0.05, 0.1) is 11.7 Å². The van der Waals surface area contributed by atoms with Crippen molar-refractivity contribution in [2.24, 2.45) is 0 Å². The van der Waals surface area contributed by atoms with E-state index in [0.717, 1.165) is 16.7 Å². The van der Waals surface area contributed by atoms with Gasteiger partial charge >= 0.3 is 7.60 Å². The number of rotatable bonds is 5. The van der Waals surface area contributed by atoms with Crippen LogP contribution in [0.25, 0.3) is 16.7 Å². The van der Waals surface area contributed by atoms with E-state index >= 15 is 0 Å². The fraction of sp³-hybridized carbons (Fsp3) is 0.0526. The number of amides is 1. The Bertz CT molecular complexity index is 1100. The molecule has 0 saturated carbocycles. The number of pyridine rings is 1. The van der Waals surface area contributed by atoms with Crippen LogP contribution in [0.5, 0.6) is 0 Å². The lowest BCUT2D eigenvalue weighted by molar-refractivity contribution is -0.110. The molecule has 4 rings (SSSR count). The third kappa shape index (κ3) is 4.05. The Labute approximate surface area is 164 Å². The molecule has 1 aromatic carbocycles. The minimum atomic E-state index is -4.10. The molecular weight excluding hydrogens is 397 g/mol. The van der Waals surface area contributed by atoms with Crippen molar-refractivity contribution in [1.82, 2.24) is 4.98 Å². The minimum absolute atomic E-state index is 0.240. The first-order chi connectivity index (χ1) is 13.4. The van der Waals surface area contributed by atoms with E-state index in [1.807, 2.05) is 22.9 Å². The van der Waals surface area contributed by atoms with Gasteiger partial charge in [-0.25, -0.2) is 4.98 Å². The average molecular weight is 413 g/mol. The molecule has 142 valence electrons. The molecular formula is C19H16N3O4PS. The quantitative estimate of drug-likeness (QED) is 0.373. The molecule has 4 N–H and O–H groups in total. The molecule has 0 atom stereocenters. The number of anilines is 2. The second kappa shape index (κ2) is 7.33. The first-order valence-corrected chi connectivity index (χ1v) is 11.1. The van der Waals surface area contributed by atoms with E-state index in [2.05, 4.69) is 15.6 Å². The number of fused-ring (bicyclic) bond motifs is 1. The number of benzene rings is 1. The summed E-state index contributed by atoms with van der Waals surface area (Å²) in [6, 6.07) is 10.6. The van der Waals surface area contributed by atoms with Gasteiger partial charge in [0.2, 0.25) is 0 Å². The summed E-state index contributed by atoms with van der Waals surface area (Å²) in [6.07, 6.45) is 3.04. The lowest BCUT2D eigenvalue weighted by Crippen LogP contribution is -2.05. The number of hydrogen-bond donors (Lipinski definition) is 4. The van der Waals surface area contributed by atoms with E-state index in [1.165, 1.54) is 0 Å². The zero-order chi connectivity index (χ0) is 19.7. The van der Waals surface area contributed by atoms with E-state index in [-0.39, 0.29) is 12.1 Å². The molecule has 1 aliphatic heterocycles. The van der Waals surface area contributed by atoms with E-state index in [4.69, 9.17) is 9.79 Å². The predicted octanol–water partition coefficient (Wildman–Crippen LogP) is 3.89. The third-order valence-corrected chi connectivity index (χ3v) is 5.69. The summed E-state index contributed by atoms with van der Waals surface area (Å²) >= 11 is 1.59. The summed E-state index contributed by atoms with van der Waals surface area (Å²) in [4.78, 5) is 34.7. The number of carbonyl (C=O) groups is 1. The van der Waals surface area contributed by atoms with Gasteiger partial charge in [-0.1, -0.05) is 12.1 Å². The van der Waals surface area contributed by atoms with Gasteiger partial charge in [0.15, 0.2) is 0 Å². The maximum atomic E-state index is 12.3.